The maximum Gasteiger partial charge on any atom is 0.265 e. The second-order valence-corrected chi connectivity index (χ2v) is 8.75. The average molecular weight is 480 g/mol. The average Bonchev–Trinajstić information content (AvgIpc) is 2.90. The molecular weight excluding hydrogens is 454 g/mol. The van der Waals surface area contributed by atoms with Crippen LogP contribution < -0.4 is 10.9 Å². The molecule has 7 nitrogen and oxygen atoms in total. The number of nitrogens with zero attached hydrogens (tertiary/aromatic N) is 2. The summed E-state index contributed by atoms with van der Waals surface area (Å²) in [6.07, 6.45) is 3.25. The monoisotopic (exact) mass is 479 g/mol. The highest BCUT2D eigenvalue weighted by atomic mass is 16.3. The first-order valence-electron chi connectivity index (χ1n) is 11.6. The Balaban J connectivity index is 1.59. The van der Waals surface area contributed by atoms with Gasteiger partial charge in [0.25, 0.3) is 5.56 Å². The van der Waals surface area contributed by atoms with Gasteiger partial charge in [-0.1, -0.05) is 48.5 Å². The quantitative estimate of drug-likeness (QED) is 0.295. The number of nitrogens with one attached hydrogen (secondary N) is 1. The molecule has 7 heteroatoms. The van der Waals surface area contributed by atoms with Crippen molar-refractivity contribution < 1.29 is 15.0 Å². The summed E-state index contributed by atoms with van der Waals surface area (Å²) < 4.78 is 1.37. The highest BCUT2D eigenvalue weighted by molar-refractivity contribution is 6.04. The Morgan fingerprint density at radius 3 is 2.50 bits per heavy atom. The molecule has 0 bridgehead atoms. The molecule has 0 amide bonds. The largest absolute Gasteiger partial charge is 0.508 e. The van der Waals surface area contributed by atoms with Gasteiger partial charge >= 0.3 is 0 Å². The number of aryl methyl sites for hydroxylation is 1. The van der Waals surface area contributed by atoms with Gasteiger partial charge in [-0.25, -0.2) is 0 Å². The van der Waals surface area contributed by atoms with E-state index in [0.29, 0.717) is 23.0 Å². The van der Waals surface area contributed by atoms with E-state index in [-0.39, 0.29) is 23.5 Å². The number of benzene rings is 3. The maximum atomic E-state index is 13.6. The molecular formula is C29H25N3O4. The number of rotatable bonds is 7. The number of para-hydroxylation sites is 1. The predicted molar refractivity (Wildman–Crippen MR) is 139 cm³/mol. The fourth-order valence-electron chi connectivity index (χ4n) is 4.69. The maximum absolute atomic E-state index is 13.6. The molecule has 2 heterocycles. The fourth-order valence-corrected chi connectivity index (χ4v) is 4.69. The van der Waals surface area contributed by atoms with E-state index >= 15 is 0 Å². The van der Waals surface area contributed by atoms with E-state index < -0.39 is 17.4 Å². The van der Waals surface area contributed by atoms with Crippen molar-refractivity contribution in [1.82, 2.24) is 14.9 Å². The van der Waals surface area contributed by atoms with Crippen LogP contribution in [0.15, 0.2) is 90.0 Å². The topological polar surface area (TPSA) is 104 Å². The summed E-state index contributed by atoms with van der Waals surface area (Å²) >= 11 is 0. The molecule has 5 aromatic rings. The highest BCUT2D eigenvalue weighted by Crippen LogP contribution is 2.36. The number of hydrogen-bond acceptors (Lipinski definition) is 6. The lowest BCUT2D eigenvalue weighted by Gasteiger charge is -2.22. The lowest BCUT2D eigenvalue weighted by atomic mass is 9.92. The standard InChI is InChI=1S/C29H25N3O4/c1-32-23-11-5-4-10-21(23)28(35)27(29(32)36)25(34)15-22(31-17-18-7-6-14-30-16-18)26-20-9-3-2-8-19(20)12-13-24(26)33/h2-14,16,22,31,33,35H,15,17H2,1H3/t22-/m0/s1. The van der Waals surface area contributed by atoms with Gasteiger partial charge in [0, 0.05) is 49.4 Å². The Morgan fingerprint density at radius 1 is 0.972 bits per heavy atom. The minimum atomic E-state index is -0.639. The van der Waals surface area contributed by atoms with Gasteiger partial charge in [0.15, 0.2) is 5.78 Å². The van der Waals surface area contributed by atoms with Crippen LogP contribution in [0.2, 0.25) is 0 Å². The Kier molecular flexibility index (Phi) is 6.23. The molecule has 0 saturated heterocycles. The summed E-state index contributed by atoms with van der Waals surface area (Å²) in [6, 6.07) is 21.0. The number of ketones is 1. The van der Waals surface area contributed by atoms with Crippen molar-refractivity contribution in [2.45, 2.75) is 19.0 Å². The lowest BCUT2D eigenvalue weighted by Crippen LogP contribution is -2.29. The third kappa shape index (κ3) is 4.21. The van der Waals surface area contributed by atoms with Crippen LogP contribution in [0.1, 0.15) is 33.9 Å². The zero-order chi connectivity index (χ0) is 25.2. The Labute approximate surface area is 207 Å². The highest BCUT2D eigenvalue weighted by Gasteiger charge is 2.27. The molecule has 1 atom stereocenters. The van der Waals surface area contributed by atoms with Crippen molar-refractivity contribution in [1.29, 1.82) is 0 Å². The molecule has 36 heavy (non-hydrogen) atoms. The molecule has 5 rings (SSSR count). The van der Waals surface area contributed by atoms with E-state index in [2.05, 4.69) is 10.3 Å². The summed E-state index contributed by atoms with van der Waals surface area (Å²) in [4.78, 5) is 30.9. The second-order valence-electron chi connectivity index (χ2n) is 8.75. The van der Waals surface area contributed by atoms with E-state index in [0.717, 1.165) is 16.3 Å². The van der Waals surface area contributed by atoms with Gasteiger partial charge < -0.3 is 20.1 Å². The zero-order valence-corrected chi connectivity index (χ0v) is 19.7. The molecule has 180 valence electrons. The van der Waals surface area contributed by atoms with E-state index in [9.17, 15) is 19.8 Å². The summed E-state index contributed by atoms with van der Waals surface area (Å²) in [6.45, 7) is 0.385. The van der Waals surface area contributed by atoms with E-state index in [1.54, 1.807) is 49.8 Å². The fraction of sp³-hybridized carbons (Fsp3) is 0.138. The molecule has 0 aliphatic carbocycles. The number of phenolic OH excluding ortho intramolecular Hbond substituents is 1. The van der Waals surface area contributed by atoms with Crippen LogP contribution in [0.4, 0.5) is 0 Å². The summed E-state index contributed by atoms with van der Waals surface area (Å²) in [5.74, 6) is -0.803. The van der Waals surface area contributed by atoms with Gasteiger partial charge in [0.05, 0.1) is 5.52 Å². The lowest BCUT2D eigenvalue weighted by molar-refractivity contribution is 0.0964. The van der Waals surface area contributed by atoms with Gasteiger partial charge in [-0.2, -0.15) is 0 Å². The molecule has 0 unspecified atom stereocenters. The SMILES string of the molecule is Cn1c(=O)c(C(=O)C[C@H](NCc2cccnc2)c2c(O)ccc3ccccc23)c(O)c2ccccc21. The van der Waals surface area contributed by atoms with Crippen molar-refractivity contribution in [2.75, 3.05) is 0 Å². The van der Waals surface area contributed by atoms with Crippen LogP contribution >= 0.6 is 0 Å². The normalized spacial score (nSPS) is 12.1. The number of aromatic hydroxyl groups is 2. The molecule has 0 spiro atoms. The first-order chi connectivity index (χ1) is 17.5. The Hall–Kier alpha value is -4.49. The van der Waals surface area contributed by atoms with Crippen LogP contribution in [0.25, 0.3) is 21.7 Å². The minimum Gasteiger partial charge on any atom is -0.508 e. The number of hydrogen-bond donors (Lipinski definition) is 3. The molecule has 0 radical (unpaired) electrons. The molecule has 0 fully saturated rings. The van der Waals surface area contributed by atoms with E-state index in [1.165, 1.54) is 4.57 Å². The first kappa shape index (κ1) is 23.3. The van der Waals surface area contributed by atoms with Crippen LogP contribution in [-0.4, -0.2) is 25.5 Å². The number of phenols is 1. The van der Waals surface area contributed by atoms with Crippen molar-refractivity contribution in [3.05, 3.63) is 112 Å². The van der Waals surface area contributed by atoms with Gasteiger partial charge in [0.1, 0.15) is 17.1 Å². The van der Waals surface area contributed by atoms with Crippen molar-refractivity contribution >= 4 is 27.5 Å². The molecule has 0 aliphatic heterocycles. The third-order valence-corrected chi connectivity index (χ3v) is 6.52. The molecule has 2 aromatic heterocycles. The molecule has 0 aliphatic rings. The number of pyridine rings is 2. The van der Waals surface area contributed by atoms with Crippen molar-refractivity contribution in [3.63, 3.8) is 0 Å². The first-order valence-corrected chi connectivity index (χ1v) is 11.6. The Bertz CT molecular complexity index is 1640. The van der Waals surface area contributed by atoms with Gasteiger partial charge in [-0.05, 0) is 40.6 Å². The zero-order valence-electron chi connectivity index (χ0n) is 19.7. The van der Waals surface area contributed by atoms with Crippen LogP contribution in [0, 0.1) is 0 Å². The number of carbonyl (C=O) groups excluding carboxylic acids is 1. The van der Waals surface area contributed by atoms with Crippen molar-refractivity contribution in [3.8, 4) is 11.5 Å². The number of aromatic nitrogens is 2. The van der Waals surface area contributed by atoms with Crippen LogP contribution in [-0.2, 0) is 13.6 Å². The summed E-state index contributed by atoms with van der Waals surface area (Å²) in [5.41, 5.74) is 1.17. The second kappa shape index (κ2) is 9.64. The van der Waals surface area contributed by atoms with Crippen LogP contribution in [0.3, 0.4) is 0 Å². The van der Waals surface area contributed by atoms with Crippen molar-refractivity contribution in [2.24, 2.45) is 7.05 Å². The molecule has 0 saturated carbocycles. The van der Waals surface area contributed by atoms with Crippen LogP contribution in [0.5, 0.6) is 11.5 Å². The Morgan fingerprint density at radius 2 is 1.72 bits per heavy atom. The van der Waals surface area contributed by atoms with Gasteiger partial charge in [-0.15, -0.1) is 0 Å². The smallest absolute Gasteiger partial charge is 0.265 e. The number of Topliss-reactive ketones (excluding diaryl/α,β-unsaturated/α-hetero) is 1. The third-order valence-electron chi connectivity index (χ3n) is 6.52. The van der Waals surface area contributed by atoms with E-state index in [4.69, 9.17) is 0 Å². The van der Waals surface area contributed by atoms with Gasteiger partial charge in [0.2, 0.25) is 0 Å². The number of carbonyl (C=O) groups is 1. The predicted octanol–water partition coefficient (Wildman–Crippen LogP) is 4.60. The summed E-state index contributed by atoms with van der Waals surface area (Å²) in [7, 11) is 1.58. The van der Waals surface area contributed by atoms with Gasteiger partial charge in [-0.3, -0.25) is 14.6 Å². The number of fused-ring (bicyclic) bond motifs is 2. The summed E-state index contributed by atoms with van der Waals surface area (Å²) in [5, 5.41) is 27.3. The molecule has 3 N–H and O–H groups in total. The van der Waals surface area contributed by atoms with E-state index in [1.807, 2.05) is 42.5 Å². The molecule has 3 aromatic carbocycles. The minimum absolute atomic E-state index is 0.0424.